The van der Waals surface area contributed by atoms with E-state index in [4.69, 9.17) is 38.9 Å². The highest BCUT2D eigenvalue weighted by molar-refractivity contribution is 5.85. The zero-order valence-corrected chi connectivity index (χ0v) is 37.8. The summed E-state index contributed by atoms with van der Waals surface area (Å²) in [6.45, 7) is 10.5. The molecule has 4 bridgehead atoms. The van der Waals surface area contributed by atoms with E-state index < -0.39 is 6.10 Å². The molecule has 9 heteroatoms. The average Bonchev–Trinajstić information content (AvgIpc) is 3.39. The van der Waals surface area contributed by atoms with Crippen molar-refractivity contribution in [3.05, 3.63) is 158 Å². The molecule has 3 aliphatic heterocycles. The molecular weight excluding hydrogens is 819 g/mol. The van der Waals surface area contributed by atoms with Crippen molar-refractivity contribution in [1.82, 2.24) is 24.8 Å². The van der Waals surface area contributed by atoms with Crippen LogP contribution in [0.4, 0.5) is 0 Å². The number of pyridine rings is 2. The first-order chi connectivity index (χ1) is 32.5. The summed E-state index contributed by atoms with van der Waals surface area (Å²) in [5.74, 6) is 5.70. The van der Waals surface area contributed by atoms with Gasteiger partial charge in [-0.3, -0.25) is 14.9 Å². The summed E-state index contributed by atoms with van der Waals surface area (Å²) in [5, 5.41) is 2.00. The topological polar surface area (TPSA) is 91.7 Å². The first kappa shape index (κ1) is 42.1. The Hall–Kier alpha value is -6.58. The van der Waals surface area contributed by atoms with Gasteiger partial charge in [0.1, 0.15) is 29.3 Å². The largest absolute Gasteiger partial charge is 0.497 e. The first-order valence-corrected chi connectivity index (χ1v) is 23.7. The lowest BCUT2D eigenvalue weighted by molar-refractivity contribution is -0.0369. The molecule has 334 valence electrons. The number of rotatable bonds is 14. The van der Waals surface area contributed by atoms with Crippen LogP contribution in [0.15, 0.2) is 147 Å². The van der Waals surface area contributed by atoms with Crippen molar-refractivity contribution in [3.8, 4) is 45.8 Å². The predicted molar refractivity (Wildman–Crippen MR) is 261 cm³/mol. The number of ether oxygens (including phenoxy) is 4. The van der Waals surface area contributed by atoms with Crippen molar-refractivity contribution in [2.45, 2.75) is 56.8 Å². The molecule has 6 aliphatic rings. The maximum atomic E-state index is 7.77. The number of benzene rings is 4. The minimum Gasteiger partial charge on any atom is -0.497 e. The maximum Gasteiger partial charge on any atom is 0.229 e. The Labute approximate surface area is 387 Å². The second-order valence-corrected chi connectivity index (χ2v) is 18.8. The van der Waals surface area contributed by atoms with E-state index in [0.29, 0.717) is 47.2 Å². The first-order valence-electron chi connectivity index (χ1n) is 23.7. The number of piperidine rings is 3. The summed E-state index contributed by atoms with van der Waals surface area (Å²) in [6.07, 6.45) is 14.0. The molecule has 0 amide bonds. The fourth-order valence-electron chi connectivity index (χ4n) is 12.1. The van der Waals surface area contributed by atoms with E-state index in [2.05, 4.69) is 90.9 Å². The molecule has 3 saturated carbocycles. The Balaban J connectivity index is 1.13. The van der Waals surface area contributed by atoms with Gasteiger partial charge in [0.05, 0.1) is 31.3 Å². The molecule has 0 radical (unpaired) electrons. The molecule has 66 heavy (non-hydrogen) atoms. The molecule has 7 aromatic rings. The number of nitrogens with zero attached hydrogens (tertiary/aromatic N) is 5. The second kappa shape index (κ2) is 18.0. The average molecular weight is 876 g/mol. The van der Waals surface area contributed by atoms with Gasteiger partial charge in [-0.05, 0) is 129 Å². The van der Waals surface area contributed by atoms with Crippen molar-refractivity contribution in [2.75, 3.05) is 27.3 Å². The van der Waals surface area contributed by atoms with Gasteiger partial charge in [0.15, 0.2) is 5.82 Å². The zero-order valence-electron chi connectivity index (χ0n) is 37.8. The molecule has 3 aliphatic carbocycles. The van der Waals surface area contributed by atoms with Gasteiger partial charge in [-0.1, -0.05) is 72.8 Å². The quantitative estimate of drug-likeness (QED) is 0.0990. The summed E-state index contributed by atoms with van der Waals surface area (Å²) in [4.78, 5) is 23.2. The fraction of sp³-hybridized carbons (Fsp3) is 0.333. The van der Waals surface area contributed by atoms with Crippen LogP contribution in [-0.2, 0) is 0 Å². The smallest absolute Gasteiger partial charge is 0.229 e. The fourth-order valence-corrected chi connectivity index (χ4v) is 12.1. The van der Waals surface area contributed by atoms with Crippen LogP contribution in [0.3, 0.4) is 0 Å². The SMILES string of the molecule is C=CC1CC2CCC1CC2C(Oc1nc(-c2ccccc2)nc(OC(c2ccnc3ccc(OC)cc23)C2CC3CCN2CC3C=C)c1-c1ccccc1)c1ccnc2ccc(OC)cc12. The minimum atomic E-state index is -0.428. The normalized spacial score (nSPS) is 25.2. The lowest BCUT2D eigenvalue weighted by Gasteiger charge is -2.51. The van der Waals surface area contributed by atoms with Gasteiger partial charge < -0.3 is 18.9 Å². The highest BCUT2D eigenvalue weighted by atomic mass is 16.5. The van der Waals surface area contributed by atoms with Gasteiger partial charge in [-0.2, -0.15) is 9.97 Å². The number of allylic oxidation sites excluding steroid dienone is 1. The van der Waals surface area contributed by atoms with E-state index in [1.165, 1.54) is 6.42 Å². The van der Waals surface area contributed by atoms with Crippen LogP contribution in [0.2, 0.25) is 0 Å². The predicted octanol–water partition coefficient (Wildman–Crippen LogP) is 12.3. The summed E-state index contributed by atoms with van der Waals surface area (Å²) in [6, 6.07) is 37.1. The molecule has 9 nitrogen and oxygen atoms in total. The van der Waals surface area contributed by atoms with Crippen LogP contribution in [0.25, 0.3) is 44.3 Å². The van der Waals surface area contributed by atoms with E-state index in [1.807, 2.05) is 60.9 Å². The molecule has 6 fully saturated rings. The van der Waals surface area contributed by atoms with E-state index in [0.717, 1.165) is 106 Å². The highest BCUT2D eigenvalue weighted by Gasteiger charge is 2.47. The van der Waals surface area contributed by atoms with E-state index in [9.17, 15) is 0 Å². The number of fused-ring (bicyclic) bond motifs is 8. The van der Waals surface area contributed by atoms with Crippen LogP contribution in [0.5, 0.6) is 23.3 Å². The van der Waals surface area contributed by atoms with Gasteiger partial charge >= 0.3 is 0 Å². The maximum absolute atomic E-state index is 7.77. The minimum absolute atomic E-state index is 0.0568. The number of methoxy groups -OCH3 is 2. The van der Waals surface area contributed by atoms with Gasteiger partial charge in [0.25, 0.3) is 0 Å². The van der Waals surface area contributed by atoms with Gasteiger partial charge in [-0.15, -0.1) is 13.2 Å². The monoisotopic (exact) mass is 875 g/mol. The van der Waals surface area contributed by atoms with E-state index in [-0.39, 0.29) is 18.1 Å². The molecule has 4 aromatic carbocycles. The molecule has 10 atom stereocenters. The third-order valence-corrected chi connectivity index (χ3v) is 15.5. The summed E-state index contributed by atoms with van der Waals surface area (Å²) in [5.41, 5.74) is 6.40. The third kappa shape index (κ3) is 7.77. The number of hydrogen-bond acceptors (Lipinski definition) is 9. The molecule has 10 unspecified atom stereocenters. The lowest BCUT2D eigenvalue weighted by Crippen LogP contribution is -2.55. The standard InChI is InChI=1S/C57H57N5O4/c1-5-35-29-41-18-17-39(35)30-46(41)53(44-23-26-58-49-21-19-42(63-3)32-47(44)49)65-56-52(37-13-9-7-10-14-37)57(61-55(60-56)38-15-11-8-12-16-38)66-54(51-31-40-25-28-62(51)34-36(40)6-2)45-24-27-59-50-22-20-43(64-4)33-48(45)50/h5-16,19-24,26-27,32-33,35-36,39-41,46,51,53-54H,1-2,17-18,25,28-31,34H2,3-4H3. The number of hydrogen-bond donors (Lipinski definition) is 0. The Bertz CT molecular complexity index is 2740. The van der Waals surface area contributed by atoms with Gasteiger partial charge in [0.2, 0.25) is 11.8 Å². The molecule has 0 spiro atoms. The molecule has 0 N–H and O–H groups in total. The van der Waals surface area contributed by atoms with Gasteiger partial charge in [0, 0.05) is 52.3 Å². The summed E-state index contributed by atoms with van der Waals surface area (Å²) < 4.78 is 27.1. The molecule has 6 heterocycles. The molecular formula is C57H57N5O4. The summed E-state index contributed by atoms with van der Waals surface area (Å²) in [7, 11) is 3.42. The number of aromatic nitrogens is 4. The highest BCUT2D eigenvalue weighted by Crippen LogP contribution is 2.55. The molecule has 3 aromatic heterocycles. The van der Waals surface area contributed by atoms with Crippen LogP contribution < -0.4 is 18.9 Å². The zero-order chi connectivity index (χ0) is 44.7. The van der Waals surface area contributed by atoms with Crippen LogP contribution in [0, 0.1) is 35.5 Å². The van der Waals surface area contributed by atoms with Crippen molar-refractivity contribution in [3.63, 3.8) is 0 Å². The lowest BCUT2D eigenvalue weighted by atomic mass is 9.58. The second-order valence-electron chi connectivity index (χ2n) is 18.8. The summed E-state index contributed by atoms with van der Waals surface area (Å²) >= 11 is 0. The molecule has 3 saturated heterocycles. The Kier molecular flexibility index (Phi) is 11.5. The van der Waals surface area contributed by atoms with Crippen molar-refractivity contribution in [1.29, 1.82) is 0 Å². The van der Waals surface area contributed by atoms with Crippen molar-refractivity contribution in [2.24, 2.45) is 35.5 Å². The van der Waals surface area contributed by atoms with Crippen molar-refractivity contribution >= 4 is 21.8 Å². The van der Waals surface area contributed by atoms with E-state index in [1.54, 1.807) is 14.2 Å². The van der Waals surface area contributed by atoms with Crippen molar-refractivity contribution < 1.29 is 18.9 Å². The molecule has 13 rings (SSSR count). The Morgan fingerprint density at radius 3 is 1.74 bits per heavy atom. The third-order valence-electron chi connectivity index (χ3n) is 15.5. The van der Waals surface area contributed by atoms with E-state index >= 15 is 0 Å². The van der Waals surface area contributed by atoms with Crippen LogP contribution >= 0.6 is 0 Å². The Morgan fingerprint density at radius 1 is 0.606 bits per heavy atom. The van der Waals surface area contributed by atoms with Crippen LogP contribution in [-0.4, -0.2) is 58.2 Å². The van der Waals surface area contributed by atoms with Crippen LogP contribution in [0.1, 0.15) is 61.9 Å². The van der Waals surface area contributed by atoms with Gasteiger partial charge in [-0.25, -0.2) is 0 Å². The Morgan fingerprint density at radius 2 is 1.18 bits per heavy atom.